The van der Waals surface area contributed by atoms with Crippen LogP contribution in [0.5, 0.6) is 0 Å². The number of rotatable bonds is 5. The van der Waals surface area contributed by atoms with Crippen molar-refractivity contribution in [2.75, 3.05) is 18.8 Å². The first-order valence-corrected chi connectivity index (χ1v) is 12.3. The predicted octanol–water partition coefficient (Wildman–Crippen LogP) is 3.99. The molecule has 3 N–H and O–H groups in total. The Morgan fingerprint density at radius 1 is 0.946 bits per heavy atom. The average molecular weight is 495 g/mol. The monoisotopic (exact) mass is 494 g/mol. The maximum Gasteiger partial charge on any atom is 0.255 e. The molecule has 4 aromatic rings. The van der Waals surface area contributed by atoms with Crippen LogP contribution in [0.15, 0.2) is 67.1 Å². The summed E-state index contributed by atoms with van der Waals surface area (Å²) in [5.41, 5.74) is 13.3. The molecule has 0 aliphatic carbocycles. The molecule has 1 saturated heterocycles. The van der Waals surface area contributed by atoms with Crippen molar-refractivity contribution in [3.05, 3.63) is 89.4 Å². The minimum atomic E-state index is -0.298. The van der Waals surface area contributed by atoms with Crippen molar-refractivity contribution in [2.24, 2.45) is 7.05 Å². The molecule has 3 heterocycles. The van der Waals surface area contributed by atoms with E-state index in [1.165, 1.54) is 11.1 Å². The number of nitrogens with two attached hydrogens (primary N) is 1. The Balaban J connectivity index is 1.23. The molecule has 37 heavy (non-hydrogen) atoms. The van der Waals surface area contributed by atoms with E-state index in [2.05, 4.69) is 47.4 Å². The number of carbonyl (C=O) groups excluding carboxylic acids is 2. The van der Waals surface area contributed by atoms with Gasteiger partial charge in [-0.25, -0.2) is 4.98 Å². The Hall–Kier alpha value is -4.46. The van der Waals surface area contributed by atoms with Gasteiger partial charge in [-0.1, -0.05) is 30.3 Å². The summed E-state index contributed by atoms with van der Waals surface area (Å²) in [6.45, 7) is 5.21. The largest absolute Gasteiger partial charge is 0.383 e. The lowest BCUT2D eigenvalue weighted by Crippen LogP contribution is -2.38. The first-order valence-electron chi connectivity index (χ1n) is 12.3. The fourth-order valence-corrected chi connectivity index (χ4v) is 4.62. The van der Waals surface area contributed by atoms with Gasteiger partial charge in [-0.15, -0.1) is 0 Å². The van der Waals surface area contributed by atoms with E-state index in [-0.39, 0.29) is 23.7 Å². The number of amides is 2. The number of carbonyl (C=O) groups is 2. The van der Waals surface area contributed by atoms with Crippen molar-refractivity contribution >= 4 is 17.6 Å². The summed E-state index contributed by atoms with van der Waals surface area (Å²) in [5, 5.41) is 7.19. The molecule has 0 bridgehead atoms. The van der Waals surface area contributed by atoms with Crippen molar-refractivity contribution in [1.82, 2.24) is 25.0 Å². The Bertz CT molecular complexity index is 1470. The molecule has 5 rings (SSSR count). The van der Waals surface area contributed by atoms with Gasteiger partial charge < -0.3 is 16.0 Å². The highest BCUT2D eigenvalue weighted by molar-refractivity contribution is 6.00. The van der Waals surface area contributed by atoms with Crippen LogP contribution in [0.1, 0.15) is 38.3 Å². The van der Waals surface area contributed by atoms with Gasteiger partial charge in [-0.2, -0.15) is 5.10 Å². The minimum absolute atomic E-state index is 0.0388. The summed E-state index contributed by atoms with van der Waals surface area (Å²) in [6, 6.07) is 15.6. The number of likely N-dealkylation sites (tertiary alicyclic amines) is 1. The van der Waals surface area contributed by atoms with Gasteiger partial charge in [0.05, 0.1) is 11.8 Å². The van der Waals surface area contributed by atoms with E-state index >= 15 is 0 Å². The molecular formula is C29H30N6O2. The normalized spacial score (nSPS) is 15.1. The van der Waals surface area contributed by atoms with Gasteiger partial charge in [0.2, 0.25) is 0 Å². The predicted molar refractivity (Wildman–Crippen MR) is 144 cm³/mol. The summed E-state index contributed by atoms with van der Waals surface area (Å²) in [6.07, 6.45) is 5.87. The maximum absolute atomic E-state index is 13.1. The third-order valence-corrected chi connectivity index (χ3v) is 6.98. The fraction of sp³-hybridized carbons (Fsp3) is 0.241. The average Bonchev–Trinajstić information content (AvgIpc) is 3.55. The number of nitrogens with one attached hydrogen (secondary N) is 1. The van der Waals surface area contributed by atoms with E-state index in [4.69, 9.17) is 5.73 Å². The summed E-state index contributed by atoms with van der Waals surface area (Å²) >= 11 is 0. The Morgan fingerprint density at radius 3 is 2.41 bits per heavy atom. The highest BCUT2D eigenvalue weighted by atomic mass is 16.2. The molecular weight excluding hydrogens is 464 g/mol. The zero-order chi connectivity index (χ0) is 26.1. The number of aryl methyl sites for hydroxylation is 3. The van der Waals surface area contributed by atoms with E-state index in [0.29, 0.717) is 30.6 Å². The molecule has 0 radical (unpaired) electrons. The summed E-state index contributed by atoms with van der Waals surface area (Å²) in [4.78, 5) is 32.1. The number of hydrogen-bond donors (Lipinski definition) is 2. The van der Waals surface area contributed by atoms with E-state index in [1.54, 1.807) is 28.0 Å². The standard InChI is InChI=1S/C29H30N6O2/c1-18-4-5-22(12-19(18)2)20-6-8-21(9-7-20)29(37)35-11-10-25(17-35)33-28(36)26-13-23(14-31-27(26)30)24-15-32-34(3)16-24/h4-9,12-16,25H,10-11,17H2,1-3H3,(H2,30,31)(H,33,36)/t25-/m1/s1. The summed E-state index contributed by atoms with van der Waals surface area (Å²) in [5.74, 6) is -0.171. The molecule has 8 heteroatoms. The summed E-state index contributed by atoms with van der Waals surface area (Å²) < 4.78 is 1.69. The molecule has 1 aliphatic heterocycles. The second-order valence-corrected chi connectivity index (χ2v) is 9.65. The van der Waals surface area contributed by atoms with Gasteiger partial charge in [-0.05, 0) is 60.7 Å². The lowest BCUT2D eigenvalue weighted by molar-refractivity contribution is 0.0783. The number of anilines is 1. The van der Waals surface area contributed by atoms with Crippen LogP contribution >= 0.6 is 0 Å². The second kappa shape index (κ2) is 9.89. The van der Waals surface area contributed by atoms with Crippen LogP contribution in [0.2, 0.25) is 0 Å². The van der Waals surface area contributed by atoms with Crippen molar-refractivity contribution in [1.29, 1.82) is 0 Å². The Kier molecular flexibility index (Phi) is 6.48. The molecule has 2 aromatic carbocycles. The Morgan fingerprint density at radius 2 is 1.70 bits per heavy atom. The number of pyridine rings is 1. The van der Waals surface area contributed by atoms with Gasteiger partial charge in [-0.3, -0.25) is 14.3 Å². The SMILES string of the molecule is Cc1ccc(-c2ccc(C(=O)N3CC[C@@H](NC(=O)c4cc(-c5cnn(C)c5)cnc4N)C3)cc2)cc1C. The molecule has 0 spiro atoms. The zero-order valence-electron chi connectivity index (χ0n) is 21.2. The van der Waals surface area contributed by atoms with Crippen molar-refractivity contribution in [3.63, 3.8) is 0 Å². The second-order valence-electron chi connectivity index (χ2n) is 9.65. The number of nitrogen functional groups attached to an aromatic ring is 1. The first kappa shape index (κ1) is 24.2. The third kappa shape index (κ3) is 5.09. The molecule has 0 unspecified atom stereocenters. The van der Waals surface area contributed by atoms with Gasteiger partial charge >= 0.3 is 0 Å². The maximum atomic E-state index is 13.1. The molecule has 0 saturated carbocycles. The first-order chi connectivity index (χ1) is 17.8. The molecule has 2 aromatic heterocycles. The van der Waals surface area contributed by atoms with Crippen LogP contribution in [-0.4, -0.2) is 50.6 Å². The van der Waals surface area contributed by atoms with Crippen molar-refractivity contribution in [2.45, 2.75) is 26.3 Å². The highest BCUT2D eigenvalue weighted by Crippen LogP contribution is 2.24. The minimum Gasteiger partial charge on any atom is -0.383 e. The summed E-state index contributed by atoms with van der Waals surface area (Å²) in [7, 11) is 1.83. The lowest BCUT2D eigenvalue weighted by Gasteiger charge is -2.18. The van der Waals surface area contributed by atoms with Crippen molar-refractivity contribution in [3.8, 4) is 22.3 Å². The van der Waals surface area contributed by atoms with Gasteiger partial charge in [0.15, 0.2) is 0 Å². The van der Waals surface area contributed by atoms with Crippen LogP contribution in [0, 0.1) is 13.8 Å². The zero-order valence-corrected chi connectivity index (χ0v) is 21.2. The number of hydrogen-bond acceptors (Lipinski definition) is 5. The van der Waals surface area contributed by atoms with Gasteiger partial charge in [0.25, 0.3) is 11.8 Å². The van der Waals surface area contributed by atoms with Crippen LogP contribution in [0.25, 0.3) is 22.3 Å². The smallest absolute Gasteiger partial charge is 0.255 e. The highest BCUT2D eigenvalue weighted by Gasteiger charge is 2.29. The van der Waals surface area contributed by atoms with Crippen LogP contribution in [0.3, 0.4) is 0 Å². The quantitative estimate of drug-likeness (QED) is 0.436. The fourth-order valence-electron chi connectivity index (χ4n) is 4.62. The van der Waals surface area contributed by atoms with Gasteiger partial charge in [0.1, 0.15) is 5.82 Å². The van der Waals surface area contributed by atoms with E-state index in [9.17, 15) is 9.59 Å². The van der Waals surface area contributed by atoms with E-state index in [0.717, 1.165) is 22.3 Å². The Labute approximate surface area is 216 Å². The van der Waals surface area contributed by atoms with E-state index < -0.39 is 0 Å². The molecule has 1 atom stereocenters. The van der Waals surface area contributed by atoms with Crippen LogP contribution in [0.4, 0.5) is 5.82 Å². The van der Waals surface area contributed by atoms with Gasteiger partial charge in [0, 0.05) is 55.3 Å². The molecule has 1 aliphatic rings. The van der Waals surface area contributed by atoms with E-state index in [1.807, 2.05) is 37.5 Å². The number of benzene rings is 2. The number of nitrogens with zero attached hydrogens (tertiary/aromatic N) is 4. The van der Waals surface area contributed by atoms with Crippen LogP contribution in [-0.2, 0) is 7.05 Å². The molecule has 2 amide bonds. The molecule has 1 fully saturated rings. The molecule has 188 valence electrons. The van der Waals surface area contributed by atoms with Crippen molar-refractivity contribution < 1.29 is 9.59 Å². The third-order valence-electron chi connectivity index (χ3n) is 6.98. The topological polar surface area (TPSA) is 106 Å². The van der Waals surface area contributed by atoms with Crippen LogP contribution < -0.4 is 11.1 Å². The lowest BCUT2D eigenvalue weighted by atomic mass is 9.99. The number of aromatic nitrogens is 3. The molecule has 8 nitrogen and oxygen atoms in total.